The van der Waals surface area contributed by atoms with Crippen LogP contribution in [0.4, 0.5) is 0 Å². The fourth-order valence-corrected chi connectivity index (χ4v) is 2.15. The Morgan fingerprint density at radius 2 is 2.11 bits per heavy atom. The minimum absolute atomic E-state index is 0.520. The second kappa shape index (κ2) is 5.31. The lowest BCUT2D eigenvalue weighted by atomic mass is 10.0. The second-order valence-electron chi connectivity index (χ2n) is 4.48. The summed E-state index contributed by atoms with van der Waals surface area (Å²) in [6.07, 6.45) is 3.67. The standard InChI is InChI=1S/C14H19N3O/c1-4-17-8-7-15-14(17)9-13(18)12-6-5-10(2)16-11(12)3/h5-8,13,18H,4,9H2,1-3H3. The highest BCUT2D eigenvalue weighted by Gasteiger charge is 2.14. The van der Waals surface area contributed by atoms with Crippen LogP contribution in [0.3, 0.4) is 0 Å². The highest BCUT2D eigenvalue weighted by molar-refractivity contribution is 5.24. The van der Waals surface area contributed by atoms with E-state index in [1.54, 1.807) is 6.20 Å². The van der Waals surface area contributed by atoms with Gasteiger partial charge in [-0.25, -0.2) is 4.98 Å². The summed E-state index contributed by atoms with van der Waals surface area (Å²) in [6.45, 7) is 6.81. The molecule has 4 nitrogen and oxygen atoms in total. The van der Waals surface area contributed by atoms with Crippen molar-refractivity contribution in [1.82, 2.24) is 14.5 Å². The Hall–Kier alpha value is -1.68. The first-order valence-corrected chi connectivity index (χ1v) is 6.24. The number of hydrogen-bond acceptors (Lipinski definition) is 3. The van der Waals surface area contributed by atoms with Crippen molar-refractivity contribution < 1.29 is 5.11 Å². The number of imidazole rings is 1. The van der Waals surface area contributed by atoms with Crippen LogP contribution < -0.4 is 0 Å². The Morgan fingerprint density at radius 1 is 1.33 bits per heavy atom. The molecule has 0 aliphatic heterocycles. The maximum absolute atomic E-state index is 10.3. The van der Waals surface area contributed by atoms with E-state index in [1.165, 1.54) is 0 Å². The molecule has 0 spiro atoms. The quantitative estimate of drug-likeness (QED) is 0.898. The minimum Gasteiger partial charge on any atom is -0.388 e. The molecule has 96 valence electrons. The summed E-state index contributed by atoms with van der Waals surface area (Å²) < 4.78 is 2.04. The van der Waals surface area contributed by atoms with Crippen LogP contribution in [0, 0.1) is 13.8 Å². The summed E-state index contributed by atoms with van der Waals surface area (Å²) in [6, 6.07) is 3.87. The molecule has 4 heteroatoms. The van der Waals surface area contributed by atoms with Crippen molar-refractivity contribution in [3.63, 3.8) is 0 Å². The SMILES string of the molecule is CCn1ccnc1CC(O)c1ccc(C)nc1C. The molecule has 2 rings (SSSR count). The Kier molecular flexibility index (Phi) is 3.77. The van der Waals surface area contributed by atoms with Crippen LogP contribution in [0.2, 0.25) is 0 Å². The summed E-state index contributed by atoms with van der Waals surface area (Å²) in [4.78, 5) is 8.66. The van der Waals surface area contributed by atoms with Crippen LogP contribution in [0.1, 0.15) is 35.8 Å². The molecule has 1 N–H and O–H groups in total. The van der Waals surface area contributed by atoms with Crippen LogP contribution in [-0.4, -0.2) is 19.6 Å². The van der Waals surface area contributed by atoms with Gasteiger partial charge in [-0.15, -0.1) is 0 Å². The molecular weight excluding hydrogens is 226 g/mol. The van der Waals surface area contributed by atoms with Crippen molar-refractivity contribution in [3.05, 3.63) is 47.3 Å². The average Bonchev–Trinajstić information content (AvgIpc) is 2.76. The normalized spacial score (nSPS) is 12.7. The Balaban J connectivity index is 2.19. The van der Waals surface area contributed by atoms with E-state index in [0.717, 1.165) is 29.3 Å². The molecule has 0 saturated carbocycles. The summed E-state index contributed by atoms with van der Waals surface area (Å²) in [7, 11) is 0. The van der Waals surface area contributed by atoms with Gasteiger partial charge in [0, 0.05) is 42.3 Å². The first-order valence-electron chi connectivity index (χ1n) is 6.24. The maximum Gasteiger partial charge on any atom is 0.111 e. The number of rotatable bonds is 4. The average molecular weight is 245 g/mol. The number of aliphatic hydroxyl groups excluding tert-OH is 1. The summed E-state index contributed by atoms with van der Waals surface area (Å²) in [5, 5.41) is 10.3. The Morgan fingerprint density at radius 3 is 2.78 bits per heavy atom. The molecule has 0 radical (unpaired) electrons. The molecule has 2 aromatic heterocycles. The highest BCUT2D eigenvalue weighted by Crippen LogP contribution is 2.20. The zero-order valence-corrected chi connectivity index (χ0v) is 11.1. The fraction of sp³-hybridized carbons (Fsp3) is 0.429. The van der Waals surface area contributed by atoms with Crippen LogP contribution >= 0.6 is 0 Å². The van der Waals surface area contributed by atoms with Crippen molar-refractivity contribution >= 4 is 0 Å². The molecule has 0 bridgehead atoms. The van der Waals surface area contributed by atoms with Crippen LogP contribution in [0.5, 0.6) is 0 Å². The predicted molar refractivity (Wildman–Crippen MR) is 70.3 cm³/mol. The predicted octanol–water partition coefficient (Wildman–Crippen LogP) is 2.19. The lowest BCUT2D eigenvalue weighted by Gasteiger charge is -2.14. The number of aromatic nitrogens is 3. The van der Waals surface area contributed by atoms with Crippen LogP contribution in [0.25, 0.3) is 0 Å². The molecule has 18 heavy (non-hydrogen) atoms. The van der Waals surface area contributed by atoms with Crippen molar-refractivity contribution in [2.24, 2.45) is 0 Å². The van der Waals surface area contributed by atoms with Crippen molar-refractivity contribution in [2.45, 2.75) is 39.8 Å². The lowest BCUT2D eigenvalue weighted by molar-refractivity contribution is 0.173. The first kappa shape index (κ1) is 12.8. The minimum atomic E-state index is -0.550. The molecule has 0 aliphatic carbocycles. The lowest BCUT2D eigenvalue weighted by Crippen LogP contribution is -2.10. The van der Waals surface area contributed by atoms with Gasteiger partial charge >= 0.3 is 0 Å². The summed E-state index contributed by atoms with van der Waals surface area (Å²) in [5.74, 6) is 0.907. The van der Waals surface area contributed by atoms with Gasteiger partial charge in [0.15, 0.2) is 0 Å². The first-order chi connectivity index (χ1) is 8.61. The third-order valence-corrected chi connectivity index (χ3v) is 3.14. The van der Waals surface area contributed by atoms with E-state index in [1.807, 2.05) is 36.7 Å². The van der Waals surface area contributed by atoms with Crippen LogP contribution in [0.15, 0.2) is 24.5 Å². The molecule has 1 atom stereocenters. The third-order valence-electron chi connectivity index (χ3n) is 3.14. The molecule has 0 aliphatic rings. The number of aliphatic hydroxyl groups is 1. The van der Waals surface area contributed by atoms with Gasteiger partial charge in [0.2, 0.25) is 0 Å². The van der Waals surface area contributed by atoms with Gasteiger partial charge in [-0.1, -0.05) is 6.07 Å². The molecule has 0 fully saturated rings. The van der Waals surface area contributed by atoms with E-state index in [9.17, 15) is 5.11 Å². The van der Waals surface area contributed by atoms with E-state index in [-0.39, 0.29) is 0 Å². The molecule has 2 aromatic rings. The van der Waals surface area contributed by atoms with Crippen molar-refractivity contribution in [3.8, 4) is 0 Å². The molecule has 0 amide bonds. The van der Waals surface area contributed by atoms with Gasteiger partial charge < -0.3 is 9.67 Å². The third kappa shape index (κ3) is 2.59. The fourth-order valence-electron chi connectivity index (χ4n) is 2.15. The van der Waals surface area contributed by atoms with Gasteiger partial charge in [-0.05, 0) is 26.8 Å². The monoisotopic (exact) mass is 245 g/mol. The van der Waals surface area contributed by atoms with Crippen molar-refractivity contribution in [2.75, 3.05) is 0 Å². The van der Waals surface area contributed by atoms with E-state index in [2.05, 4.69) is 16.9 Å². The van der Waals surface area contributed by atoms with Crippen molar-refractivity contribution in [1.29, 1.82) is 0 Å². The summed E-state index contributed by atoms with van der Waals surface area (Å²) >= 11 is 0. The van der Waals surface area contributed by atoms with E-state index in [0.29, 0.717) is 6.42 Å². The largest absolute Gasteiger partial charge is 0.388 e. The van der Waals surface area contributed by atoms with Crippen LogP contribution in [-0.2, 0) is 13.0 Å². The van der Waals surface area contributed by atoms with E-state index < -0.39 is 6.10 Å². The Bertz CT molecular complexity index is 534. The van der Waals surface area contributed by atoms with Gasteiger partial charge in [-0.3, -0.25) is 4.98 Å². The van der Waals surface area contributed by atoms with Gasteiger partial charge in [0.1, 0.15) is 5.82 Å². The van der Waals surface area contributed by atoms with Gasteiger partial charge in [0.25, 0.3) is 0 Å². The highest BCUT2D eigenvalue weighted by atomic mass is 16.3. The number of hydrogen-bond donors (Lipinski definition) is 1. The molecular formula is C14H19N3O. The molecule has 0 aromatic carbocycles. The van der Waals surface area contributed by atoms with Gasteiger partial charge in [-0.2, -0.15) is 0 Å². The topological polar surface area (TPSA) is 50.9 Å². The smallest absolute Gasteiger partial charge is 0.111 e. The summed E-state index contributed by atoms with van der Waals surface area (Å²) in [5.41, 5.74) is 2.74. The van der Waals surface area contributed by atoms with E-state index in [4.69, 9.17) is 0 Å². The number of nitrogens with zero attached hydrogens (tertiary/aromatic N) is 3. The Labute approximate surface area is 107 Å². The molecule has 2 heterocycles. The molecule has 0 saturated heterocycles. The van der Waals surface area contributed by atoms with E-state index >= 15 is 0 Å². The number of aryl methyl sites for hydroxylation is 3. The maximum atomic E-state index is 10.3. The zero-order valence-electron chi connectivity index (χ0n) is 11.1. The second-order valence-corrected chi connectivity index (χ2v) is 4.48. The number of pyridine rings is 1. The van der Waals surface area contributed by atoms with Gasteiger partial charge in [0.05, 0.1) is 6.10 Å². The molecule has 1 unspecified atom stereocenters. The zero-order chi connectivity index (χ0) is 13.1.